The van der Waals surface area contributed by atoms with E-state index < -0.39 is 17.2 Å². The molecule has 3 aromatic heterocycles. The summed E-state index contributed by atoms with van der Waals surface area (Å²) in [4.78, 5) is 40.6. The Bertz CT molecular complexity index is 1330. The number of hydrogen-bond donors (Lipinski definition) is 3. The zero-order valence-electron chi connectivity index (χ0n) is 19.8. The van der Waals surface area contributed by atoms with Crippen LogP contribution >= 0.6 is 0 Å². The number of aromatic carboxylic acids is 1. The van der Waals surface area contributed by atoms with Crippen LogP contribution in [0.3, 0.4) is 0 Å². The number of H-pyrrole nitrogens is 1. The molecule has 0 aromatic carbocycles. The fourth-order valence-corrected chi connectivity index (χ4v) is 4.16. The molecule has 0 aliphatic carbocycles. The van der Waals surface area contributed by atoms with Gasteiger partial charge in [-0.05, 0) is 25.8 Å². The molecule has 4 heterocycles. The molecule has 186 valence electrons. The molecule has 1 atom stereocenters. The van der Waals surface area contributed by atoms with Gasteiger partial charge < -0.3 is 20.1 Å². The third-order valence-corrected chi connectivity index (χ3v) is 5.88. The molecule has 3 aromatic rings. The summed E-state index contributed by atoms with van der Waals surface area (Å²) in [5.74, 6) is 0.0628. The predicted molar refractivity (Wildman–Crippen MR) is 128 cm³/mol. The first-order valence-electron chi connectivity index (χ1n) is 11.6. The fraction of sp³-hybridized carbons (Fsp3) is 0.455. The van der Waals surface area contributed by atoms with Crippen molar-refractivity contribution in [3.05, 3.63) is 50.4 Å². The zero-order valence-corrected chi connectivity index (χ0v) is 19.8. The van der Waals surface area contributed by atoms with Crippen LogP contribution in [0, 0.1) is 0 Å². The summed E-state index contributed by atoms with van der Waals surface area (Å²) in [6.45, 7) is 6.95. The molecular weight excluding hydrogens is 456 g/mol. The highest BCUT2D eigenvalue weighted by Gasteiger charge is 2.33. The van der Waals surface area contributed by atoms with Gasteiger partial charge in [0.2, 0.25) is 5.88 Å². The van der Waals surface area contributed by atoms with Crippen molar-refractivity contribution in [3.63, 3.8) is 0 Å². The smallest absolute Gasteiger partial charge is 0.339 e. The van der Waals surface area contributed by atoms with E-state index in [-0.39, 0.29) is 24.2 Å². The molecule has 1 aliphatic heterocycles. The lowest BCUT2D eigenvalue weighted by atomic mass is 10.2. The summed E-state index contributed by atoms with van der Waals surface area (Å²) in [6, 6.07) is 3.26. The van der Waals surface area contributed by atoms with E-state index in [4.69, 9.17) is 4.74 Å². The molecule has 0 bridgehead atoms. The second kappa shape index (κ2) is 9.99. The number of fused-ring (bicyclic) bond motifs is 1. The Morgan fingerprint density at radius 1 is 1.20 bits per heavy atom. The number of anilines is 2. The molecule has 1 unspecified atom stereocenters. The van der Waals surface area contributed by atoms with Crippen molar-refractivity contribution in [2.24, 2.45) is 0 Å². The minimum atomic E-state index is -1.05. The lowest BCUT2D eigenvalue weighted by Gasteiger charge is -2.24. The summed E-state index contributed by atoms with van der Waals surface area (Å²) < 4.78 is 8.83. The van der Waals surface area contributed by atoms with Crippen molar-refractivity contribution in [2.45, 2.75) is 52.7 Å². The molecule has 0 saturated carbocycles. The van der Waals surface area contributed by atoms with Crippen LogP contribution in [0.15, 0.2) is 27.9 Å². The van der Waals surface area contributed by atoms with Crippen LogP contribution in [0.5, 0.6) is 5.88 Å². The van der Waals surface area contributed by atoms with E-state index in [0.717, 1.165) is 12.8 Å². The SMILES string of the molecule is CCCCn1c2c(c(=O)[nH]c1=O)N(CC)C(COc1ccc(-n3ncc(C(=O)O)c3CC)nn1)N2. The average molecular weight is 485 g/mol. The minimum absolute atomic E-state index is 0.119. The van der Waals surface area contributed by atoms with E-state index in [0.29, 0.717) is 42.5 Å². The number of unbranched alkanes of at least 4 members (excludes halogenated alkanes) is 1. The molecule has 4 rings (SSSR count). The molecule has 0 amide bonds. The molecule has 1 aliphatic rings. The Balaban J connectivity index is 1.51. The van der Waals surface area contributed by atoms with E-state index >= 15 is 0 Å². The van der Waals surface area contributed by atoms with Crippen LogP contribution in [0.2, 0.25) is 0 Å². The maximum absolute atomic E-state index is 12.6. The number of carboxylic acids is 1. The van der Waals surface area contributed by atoms with Crippen molar-refractivity contribution in [2.75, 3.05) is 23.4 Å². The molecule has 0 saturated heterocycles. The number of ether oxygens (including phenoxy) is 1. The van der Waals surface area contributed by atoms with Crippen molar-refractivity contribution < 1.29 is 14.6 Å². The molecular formula is C22H28N8O5. The lowest BCUT2D eigenvalue weighted by Crippen LogP contribution is -2.41. The molecule has 0 radical (unpaired) electrons. The third-order valence-electron chi connectivity index (χ3n) is 5.88. The van der Waals surface area contributed by atoms with Crippen molar-refractivity contribution in [3.8, 4) is 11.7 Å². The van der Waals surface area contributed by atoms with Crippen LogP contribution in [0.25, 0.3) is 5.82 Å². The van der Waals surface area contributed by atoms with Gasteiger partial charge in [-0.25, -0.2) is 14.3 Å². The van der Waals surface area contributed by atoms with E-state index in [1.165, 1.54) is 10.9 Å². The number of hydrogen-bond acceptors (Lipinski definition) is 9. The van der Waals surface area contributed by atoms with Gasteiger partial charge in [0.15, 0.2) is 5.82 Å². The van der Waals surface area contributed by atoms with Crippen LogP contribution in [-0.4, -0.2) is 59.9 Å². The molecule has 0 spiro atoms. The second-order valence-corrected chi connectivity index (χ2v) is 8.02. The largest absolute Gasteiger partial charge is 0.478 e. The highest BCUT2D eigenvalue weighted by molar-refractivity contribution is 5.88. The third kappa shape index (κ3) is 4.48. The standard InChI is InChI=1S/C22H28N8O5/c1-4-7-10-29-19-18(20(31)25-22(29)34)28(6-3)16(24-19)12-35-17-9-8-15(26-27-17)30-14(5-2)13(11-23-30)21(32)33/h8-9,11,16,24H,4-7,10,12H2,1-3H3,(H,32,33)(H,25,31,34). The summed E-state index contributed by atoms with van der Waals surface area (Å²) in [5, 5.41) is 24.9. The van der Waals surface area contributed by atoms with Crippen LogP contribution in [0.4, 0.5) is 11.5 Å². The Morgan fingerprint density at radius 2 is 2.00 bits per heavy atom. The lowest BCUT2D eigenvalue weighted by molar-refractivity contribution is 0.0695. The van der Waals surface area contributed by atoms with Gasteiger partial charge in [0.05, 0.1) is 11.9 Å². The van der Waals surface area contributed by atoms with E-state index in [1.807, 2.05) is 25.7 Å². The number of aromatic amines is 1. The van der Waals surface area contributed by atoms with Crippen LogP contribution in [-0.2, 0) is 13.0 Å². The highest BCUT2D eigenvalue weighted by Crippen LogP contribution is 2.30. The van der Waals surface area contributed by atoms with E-state index in [1.54, 1.807) is 16.7 Å². The molecule has 13 heteroatoms. The molecule has 13 nitrogen and oxygen atoms in total. The summed E-state index contributed by atoms with van der Waals surface area (Å²) in [7, 11) is 0. The fourth-order valence-electron chi connectivity index (χ4n) is 4.16. The monoisotopic (exact) mass is 484 g/mol. The van der Waals surface area contributed by atoms with Gasteiger partial charge in [0, 0.05) is 19.2 Å². The first-order chi connectivity index (χ1) is 16.9. The Kier molecular flexibility index (Phi) is 6.85. The van der Waals surface area contributed by atoms with Gasteiger partial charge in [0.25, 0.3) is 5.56 Å². The maximum Gasteiger partial charge on any atom is 0.339 e. The van der Waals surface area contributed by atoms with Crippen molar-refractivity contribution in [1.82, 2.24) is 29.5 Å². The zero-order chi connectivity index (χ0) is 25.1. The topological polar surface area (TPSA) is 160 Å². The highest BCUT2D eigenvalue weighted by atomic mass is 16.5. The summed E-state index contributed by atoms with van der Waals surface area (Å²) >= 11 is 0. The first-order valence-corrected chi connectivity index (χ1v) is 11.6. The normalized spacial score (nSPS) is 14.6. The summed E-state index contributed by atoms with van der Waals surface area (Å²) in [6.07, 6.45) is 3.08. The number of carbonyl (C=O) groups is 1. The maximum atomic E-state index is 12.6. The van der Waals surface area contributed by atoms with Crippen molar-refractivity contribution in [1.29, 1.82) is 0 Å². The quantitative estimate of drug-likeness (QED) is 0.382. The number of aromatic nitrogens is 6. The van der Waals surface area contributed by atoms with Gasteiger partial charge in [0.1, 0.15) is 29.8 Å². The number of carboxylic acid groups (broad SMARTS) is 1. The average Bonchev–Trinajstić information content (AvgIpc) is 3.44. The number of likely N-dealkylation sites (N-methyl/N-ethyl adjacent to an activating group) is 1. The van der Waals surface area contributed by atoms with E-state index in [2.05, 4.69) is 25.6 Å². The predicted octanol–water partition coefficient (Wildman–Crippen LogP) is 1.23. The number of nitrogens with zero attached hydrogens (tertiary/aromatic N) is 6. The minimum Gasteiger partial charge on any atom is -0.478 e. The first kappa shape index (κ1) is 24.0. The number of nitrogens with one attached hydrogen (secondary N) is 2. The van der Waals surface area contributed by atoms with Crippen LogP contribution < -0.4 is 26.2 Å². The van der Waals surface area contributed by atoms with Gasteiger partial charge in [-0.3, -0.25) is 14.3 Å². The van der Waals surface area contributed by atoms with Crippen LogP contribution in [0.1, 0.15) is 49.7 Å². The Hall–Kier alpha value is -4.16. The van der Waals surface area contributed by atoms with Gasteiger partial charge in [-0.15, -0.1) is 10.2 Å². The summed E-state index contributed by atoms with van der Waals surface area (Å²) in [5.41, 5.74) is 0.174. The number of rotatable bonds is 10. The second-order valence-electron chi connectivity index (χ2n) is 8.02. The van der Waals surface area contributed by atoms with Gasteiger partial charge in [-0.2, -0.15) is 5.10 Å². The Morgan fingerprint density at radius 3 is 2.63 bits per heavy atom. The molecule has 35 heavy (non-hydrogen) atoms. The molecule has 3 N–H and O–H groups in total. The van der Waals surface area contributed by atoms with E-state index in [9.17, 15) is 19.5 Å². The van der Waals surface area contributed by atoms with Gasteiger partial charge in [-0.1, -0.05) is 20.3 Å². The Labute approximate surface area is 200 Å². The molecule has 0 fully saturated rings. The van der Waals surface area contributed by atoms with Gasteiger partial charge >= 0.3 is 11.7 Å². The van der Waals surface area contributed by atoms with Crippen molar-refractivity contribution >= 4 is 17.5 Å².